The standard InChI is InChI=1S/C12H14O3/c1-3-6-9(2)12(14)15-11-8-5-4-7-10(11)13/h4-5,7-8,13H,2-3,6H2,1H3. The van der Waals surface area contributed by atoms with Gasteiger partial charge in [0.05, 0.1) is 0 Å². The fourth-order valence-electron chi connectivity index (χ4n) is 1.12. The summed E-state index contributed by atoms with van der Waals surface area (Å²) in [5.74, 6) is -0.367. The maximum atomic E-state index is 11.4. The van der Waals surface area contributed by atoms with Crippen LogP contribution in [0, 0.1) is 0 Å². The normalized spacial score (nSPS) is 9.67. The van der Waals surface area contributed by atoms with Gasteiger partial charge in [0.25, 0.3) is 0 Å². The second-order valence-corrected chi connectivity index (χ2v) is 3.21. The molecule has 0 heterocycles. The number of esters is 1. The summed E-state index contributed by atoms with van der Waals surface area (Å²) in [4.78, 5) is 11.4. The molecular formula is C12H14O3. The van der Waals surface area contributed by atoms with Crippen LogP contribution in [-0.2, 0) is 4.79 Å². The number of hydrogen-bond donors (Lipinski definition) is 1. The molecule has 1 aromatic carbocycles. The third kappa shape index (κ3) is 3.13. The summed E-state index contributed by atoms with van der Waals surface area (Å²) in [7, 11) is 0. The Bertz CT molecular complexity index is 369. The number of hydrogen-bond acceptors (Lipinski definition) is 3. The third-order valence-corrected chi connectivity index (χ3v) is 1.91. The van der Waals surface area contributed by atoms with Crippen molar-refractivity contribution in [2.75, 3.05) is 0 Å². The molecule has 3 heteroatoms. The Kier molecular flexibility index (Phi) is 3.92. The first-order valence-corrected chi connectivity index (χ1v) is 4.83. The van der Waals surface area contributed by atoms with Crippen LogP contribution in [0.4, 0.5) is 0 Å². The number of carbonyl (C=O) groups excluding carboxylic acids is 1. The molecule has 0 saturated heterocycles. The molecular weight excluding hydrogens is 192 g/mol. The third-order valence-electron chi connectivity index (χ3n) is 1.91. The molecule has 0 saturated carbocycles. The van der Waals surface area contributed by atoms with E-state index < -0.39 is 5.97 Å². The first kappa shape index (κ1) is 11.3. The topological polar surface area (TPSA) is 46.5 Å². The molecule has 0 spiro atoms. The van der Waals surface area contributed by atoms with Gasteiger partial charge in [-0.05, 0) is 18.6 Å². The largest absolute Gasteiger partial charge is 0.504 e. The van der Waals surface area contributed by atoms with Crippen LogP contribution in [0.15, 0.2) is 36.4 Å². The minimum atomic E-state index is -0.488. The van der Waals surface area contributed by atoms with E-state index in [-0.39, 0.29) is 11.5 Å². The number of phenolic OH excluding ortho intramolecular Hbond substituents is 1. The lowest BCUT2D eigenvalue weighted by molar-refractivity contribution is -0.130. The van der Waals surface area contributed by atoms with Crippen LogP contribution in [0.1, 0.15) is 19.8 Å². The first-order valence-electron chi connectivity index (χ1n) is 4.83. The lowest BCUT2D eigenvalue weighted by Gasteiger charge is -2.06. The Balaban J connectivity index is 2.67. The number of para-hydroxylation sites is 2. The number of carbonyl (C=O) groups is 1. The van der Waals surface area contributed by atoms with Crippen molar-refractivity contribution in [3.8, 4) is 11.5 Å². The molecule has 1 rings (SSSR count). The van der Waals surface area contributed by atoms with Gasteiger partial charge in [-0.1, -0.05) is 32.1 Å². The van der Waals surface area contributed by atoms with E-state index in [4.69, 9.17) is 4.74 Å². The van der Waals surface area contributed by atoms with E-state index in [0.29, 0.717) is 12.0 Å². The highest BCUT2D eigenvalue weighted by Crippen LogP contribution is 2.25. The second kappa shape index (κ2) is 5.20. The molecule has 0 aliphatic carbocycles. The van der Waals surface area contributed by atoms with E-state index in [1.54, 1.807) is 12.1 Å². The van der Waals surface area contributed by atoms with E-state index >= 15 is 0 Å². The maximum absolute atomic E-state index is 11.4. The molecule has 0 fully saturated rings. The van der Waals surface area contributed by atoms with Crippen LogP contribution in [0.3, 0.4) is 0 Å². The molecule has 0 aliphatic rings. The maximum Gasteiger partial charge on any atom is 0.338 e. The number of ether oxygens (including phenoxy) is 1. The summed E-state index contributed by atoms with van der Waals surface area (Å²) in [6, 6.07) is 6.34. The monoisotopic (exact) mass is 206 g/mol. The molecule has 0 unspecified atom stereocenters. The van der Waals surface area contributed by atoms with E-state index in [0.717, 1.165) is 6.42 Å². The zero-order valence-corrected chi connectivity index (χ0v) is 8.69. The predicted molar refractivity (Wildman–Crippen MR) is 57.8 cm³/mol. The quantitative estimate of drug-likeness (QED) is 0.468. The van der Waals surface area contributed by atoms with Crippen molar-refractivity contribution in [2.24, 2.45) is 0 Å². The molecule has 0 amide bonds. The van der Waals surface area contributed by atoms with E-state index in [2.05, 4.69) is 6.58 Å². The first-order chi connectivity index (χ1) is 7.15. The van der Waals surface area contributed by atoms with Crippen LogP contribution in [-0.4, -0.2) is 11.1 Å². The van der Waals surface area contributed by atoms with Gasteiger partial charge in [0.2, 0.25) is 0 Å². The average Bonchev–Trinajstić information content (AvgIpc) is 2.21. The summed E-state index contributed by atoms with van der Waals surface area (Å²) in [5, 5.41) is 9.36. The molecule has 0 bridgehead atoms. The van der Waals surface area contributed by atoms with E-state index in [1.165, 1.54) is 12.1 Å². The van der Waals surface area contributed by atoms with Gasteiger partial charge in [0, 0.05) is 5.57 Å². The highest BCUT2D eigenvalue weighted by atomic mass is 16.5. The Morgan fingerprint density at radius 1 is 1.47 bits per heavy atom. The Morgan fingerprint density at radius 2 is 2.13 bits per heavy atom. The summed E-state index contributed by atoms with van der Waals surface area (Å²) in [6.45, 7) is 5.57. The second-order valence-electron chi connectivity index (χ2n) is 3.21. The number of phenols is 1. The molecule has 1 aromatic rings. The fraction of sp³-hybridized carbons (Fsp3) is 0.250. The van der Waals surface area contributed by atoms with Crippen LogP contribution in [0.2, 0.25) is 0 Å². The number of rotatable bonds is 4. The number of aromatic hydroxyl groups is 1. The molecule has 15 heavy (non-hydrogen) atoms. The van der Waals surface area contributed by atoms with Crippen LogP contribution >= 0.6 is 0 Å². The minimum Gasteiger partial charge on any atom is -0.504 e. The summed E-state index contributed by atoms with van der Waals surface area (Å²) < 4.78 is 4.97. The summed E-state index contributed by atoms with van der Waals surface area (Å²) >= 11 is 0. The van der Waals surface area contributed by atoms with Crippen molar-refractivity contribution >= 4 is 5.97 Å². The molecule has 3 nitrogen and oxygen atoms in total. The van der Waals surface area contributed by atoms with Crippen molar-refractivity contribution in [1.82, 2.24) is 0 Å². The zero-order valence-electron chi connectivity index (χ0n) is 8.69. The average molecular weight is 206 g/mol. The fourth-order valence-corrected chi connectivity index (χ4v) is 1.12. The van der Waals surface area contributed by atoms with Gasteiger partial charge in [0.15, 0.2) is 11.5 Å². The van der Waals surface area contributed by atoms with Gasteiger partial charge < -0.3 is 9.84 Å². The van der Waals surface area contributed by atoms with Gasteiger partial charge in [-0.3, -0.25) is 0 Å². The highest BCUT2D eigenvalue weighted by molar-refractivity contribution is 5.89. The van der Waals surface area contributed by atoms with Gasteiger partial charge in [-0.25, -0.2) is 4.79 Å². The van der Waals surface area contributed by atoms with Crippen molar-refractivity contribution in [1.29, 1.82) is 0 Å². The van der Waals surface area contributed by atoms with Crippen molar-refractivity contribution in [3.05, 3.63) is 36.4 Å². The molecule has 0 aromatic heterocycles. The van der Waals surface area contributed by atoms with Gasteiger partial charge in [-0.15, -0.1) is 0 Å². The van der Waals surface area contributed by atoms with Crippen LogP contribution < -0.4 is 4.74 Å². The number of benzene rings is 1. The van der Waals surface area contributed by atoms with Crippen molar-refractivity contribution < 1.29 is 14.6 Å². The Morgan fingerprint density at radius 3 is 2.73 bits per heavy atom. The van der Waals surface area contributed by atoms with Gasteiger partial charge in [0.1, 0.15) is 0 Å². The van der Waals surface area contributed by atoms with Crippen LogP contribution in [0.5, 0.6) is 11.5 Å². The molecule has 80 valence electrons. The molecule has 0 atom stereocenters. The Labute approximate surface area is 89.0 Å². The summed E-state index contributed by atoms with van der Waals surface area (Å²) in [6.07, 6.45) is 1.45. The van der Waals surface area contributed by atoms with Crippen molar-refractivity contribution in [2.45, 2.75) is 19.8 Å². The highest BCUT2D eigenvalue weighted by Gasteiger charge is 2.10. The smallest absolute Gasteiger partial charge is 0.338 e. The Hall–Kier alpha value is -1.77. The summed E-state index contributed by atoms with van der Waals surface area (Å²) in [5.41, 5.74) is 0.417. The van der Waals surface area contributed by atoms with E-state index in [9.17, 15) is 9.90 Å². The molecule has 1 N–H and O–H groups in total. The van der Waals surface area contributed by atoms with Crippen LogP contribution in [0.25, 0.3) is 0 Å². The predicted octanol–water partition coefficient (Wildman–Crippen LogP) is 2.65. The zero-order chi connectivity index (χ0) is 11.3. The lowest BCUT2D eigenvalue weighted by Crippen LogP contribution is -2.10. The van der Waals surface area contributed by atoms with E-state index in [1.807, 2.05) is 6.92 Å². The molecule has 0 aliphatic heterocycles. The lowest BCUT2D eigenvalue weighted by atomic mass is 10.2. The molecule has 0 radical (unpaired) electrons. The minimum absolute atomic E-state index is 0.0462. The SMILES string of the molecule is C=C(CCC)C(=O)Oc1ccccc1O. The van der Waals surface area contributed by atoms with Gasteiger partial charge >= 0.3 is 5.97 Å². The van der Waals surface area contributed by atoms with Crippen molar-refractivity contribution in [3.63, 3.8) is 0 Å². The van der Waals surface area contributed by atoms with Gasteiger partial charge in [-0.2, -0.15) is 0 Å².